The molecule has 8 nitrogen and oxygen atoms in total. The van der Waals surface area contributed by atoms with Gasteiger partial charge in [-0.05, 0) is 32.9 Å². The second-order valence-corrected chi connectivity index (χ2v) is 7.41. The Morgan fingerprint density at radius 3 is 2.65 bits per heavy atom. The van der Waals surface area contributed by atoms with Crippen molar-refractivity contribution < 1.29 is 29.0 Å². The van der Waals surface area contributed by atoms with Gasteiger partial charge in [0.15, 0.2) is 6.29 Å². The molecule has 0 aromatic heterocycles. The molecule has 1 aromatic rings. The Morgan fingerprint density at radius 1 is 1.31 bits per heavy atom. The van der Waals surface area contributed by atoms with E-state index in [2.05, 4.69) is 4.90 Å². The summed E-state index contributed by atoms with van der Waals surface area (Å²) in [5.74, 6) is -0.731. The molecule has 140 valence electrons. The number of rotatable bonds is 2. The summed E-state index contributed by atoms with van der Waals surface area (Å²) >= 11 is 0. The van der Waals surface area contributed by atoms with E-state index in [0.717, 1.165) is 0 Å². The number of carboxylic acids is 1. The predicted octanol–water partition coefficient (Wildman–Crippen LogP) is 2.02. The standard InChI is InChI=1S/C18H22N2O6/c1-18(2,3)26-17(24)19-4-5-20-12(8-19)10-25-15-7-13(16(22)23)11(9-21)6-14(15)20/h6-7,9,12H,4-5,8,10H2,1-3H3,(H,22,23)/t12-/m0/s1. The molecule has 1 atom stereocenters. The van der Waals surface area contributed by atoms with Crippen LogP contribution in [0.15, 0.2) is 12.1 Å². The molecule has 8 heteroatoms. The molecule has 1 saturated heterocycles. The summed E-state index contributed by atoms with van der Waals surface area (Å²) in [5, 5.41) is 9.23. The summed E-state index contributed by atoms with van der Waals surface area (Å²) in [7, 11) is 0. The number of carbonyl (C=O) groups is 3. The first kappa shape index (κ1) is 18.0. The Hall–Kier alpha value is -2.77. The lowest BCUT2D eigenvalue weighted by Gasteiger charge is -2.45. The third-order valence-corrected chi connectivity index (χ3v) is 4.36. The minimum absolute atomic E-state index is 0.0791. The van der Waals surface area contributed by atoms with E-state index in [9.17, 15) is 19.5 Å². The van der Waals surface area contributed by atoms with Gasteiger partial charge in [0.1, 0.15) is 18.0 Å². The average Bonchev–Trinajstić information content (AvgIpc) is 2.58. The SMILES string of the molecule is CC(C)(C)OC(=O)N1CCN2c3cc(C=O)c(C(=O)O)cc3OC[C@@H]2C1. The summed E-state index contributed by atoms with van der Waals surface area (Å²) in [5.41, 5.74) is 0.146. The van der Waals surface area contributed by atoms with Gasteiger partial charge in [-0.1, -0.05) is 0 Å². The Bertz CT molecular complexity index is 755. The number of nitrogens with zero attached hydrogens (tertiary/aromatic N) is 2. The fourth-order valence-electron chi connectivity index (χ4n) is 3.20. The van der Waals surface area contributed by atoms with Crippen molar-refractivity contribution in [2.45, 2.75) is 32.4 Å². The van der Waals surface area contributed by atoms with Gasteiger partial charge in [-0.15, -0.1) is 0 Å². The molecule has 0 saturated carbocycles. The molecular weight excluding hydrogens is 340 g/mol. The number of carbonyl (C=O) groups excluding carboxylic acids is 2. The number of piperazine rings is 1. The van der Waals surface area contributed by atoms with Crippen molar-refractivity contribution in [1.82, 2.24) is 4.90 Å². The maximum absolute atomic E-state index is 12.3. The van der Waals surface area contributed by atoms with Crippen LogP contribution in [0.4, 0.5) is 10.5 Å². The lowest BCUT2D eigenvalue weighted by atomic mass is 10.0. The first-order chi connectivity index (χ1) is 12.2. The normalized spacial score (nSPS) is 19.1. The molecule has 2 heterocycles. The molecule has 1 N–H and O–H groups in total. The van der Waals surface area contributed by atoms with Crippen molar-refractivity contribution in [2.24, 2.45) is 0 Å². The number of hydrogen-bond donors (Lipinski definition) is 1. The average molecular weight is 362 g/mol. The van der Waals surface area contributed by atoms with Crippen LogP contribution in [-0.4, -0.2) is 66.2 Å². The third kappa shape index (κ3) is 3.44. The fraction of sp³-hybridized carbons (Fsp3) is 0.500. The maximum atomic E-state index is 12.3. The molecular formula is C18H22N2O6. The van der Waals surface area contributed by atoms with E-state index < -0.39 is 11.6 Å². The number of ether oxygens (including phenoxy) is 2. The molecule has 1 amide bonds. The van der Waals surface area contributed by atoms with E-state index in [4.69, 9.17) is 9.47 Å². The van der Waals surface area contributed by atoms with Gasteiger partial charge in [-0.2, -0.15) is 0 Å². The summed E-state index contributed by atoms with van der Waals surface area (Å²) < 4.78 is 11.1. The highest BCUT2D eigenvalue weighted by Gasteiger charge is 2.36. The van der Waals surface area contributed by atoms with Crippen molar-refractivity contribution >= 4 is 24.0 Å². The van der Waals surface area contributed by atoms with Crippen molar-refractivity contribution in [3.8, 4) is 5.75 Å². The number of hydrogen-bond acceptors (Lipinski definition) is 6. The summed E-state index contributed by atoms with van der Waals surface area (Å²) in [6.07, 6.45) is 0.169. The second kappa shape index (κ2) is 6.51. The van der Waals surface area contributed by atoms with Gasteiger partial charge in [-0.3, -0.25) is 4.79 Å². The minimum atomic E-state index is -1.17. The highest BCUT2D eigenvalue weighted by molar-refractivity contribution is 5.99. The Balaban J connectivity index is 1.81. The monoisotopic (exact) mass is 362 g/mol. The lowest BCUT2D eigenvalue weighted by molar-refractivity contribution is 0.0194. The van der Waals surface area contributed by atoms with Gasteiger partial charge in [0.25, 0.3) is 0 Å². The van der Waals surface area contributed by atoms with Crippen LogP contribution in [0.1, 0.15) is 41.5 Å². The number of benzene rings is 1. The van der Waals surface area contributed by atoms with E-state index in [-0.39, 0.29) is 23.3 Å². The van der Waals surface area contributed by atoms with Crippen molar-refractivity contribution in [2.75, 3.05) is 31.1 Å². The molecule has 0 aliphatic carbocycles. The minimum Gasteiger partial charge on any atom is -0.489 e. The molecule has 0 spiro atoms. The molecule has 1 aromatic carbocycles. The number of amides is 1. The van der Waals surface area contributed by atoms with Crippen LogP contribution >= 0.6 is 0 Å². The van der Waals surface area contributed by atoms with Crippen LogP contribution in [0.25, 0.3) is 0 Å². The molecule has 26 heavy (non-hydrogen) atoms. The van der Waals surface area contributed by atoms with Crippen LogP contribution in [0.5, 0.6) is 5.75 Å². The topological polar surface area (TPSA) is 96.4 Å². The van der Waals surface area contributed by atoms with Crippen LogP contribution < -0.4 is 9.64 Å². The van der Waals surface area contributed by atoms with Crippen molar-refractivity contribution in [3.63, 3.8) is 0 Å². The molecule has 0 unspecified atom stereocenters. The molecule has 0 radical (unpaired) electrons. The summed E-state index contributed by atoms with van der Waals surface area (Å²) in [6.45, 7) is 7.25. The summed E-state index contributed by atoms with van der Waals surface area (Å²) in [6, 6.07) is 2.85. The largest absolute Gasteiger partial charge is 0.489 e. The molecule has 2 aliphatic rings. The van der Waals surface area contributed by atoms with Gasteiger partial charge in [-0.25, -0.2) is 9.59 Å². The number of aromatic carboxylic acids is 1. The van der Waals surface area contributed by atoms with Crippen molar-refractivity contribution in [3.05, 3.63) is 23.3 Å². The van der Waals surface area contributed by atoms with Gasteiger partial charge in [0, 0.05) is 25.2 Å². The van der Waals surface area contributed by atoms with Crippen LogP contribution in [-0.2, 0) is 4.74 Å². The molecule has 1 fully saturated rings. The van der Waals surface area contributed by atoms with E-state index >= 15 is 0 Å². The van der Waals surface area contributed by atoms with Crippen LogP contribution in [0.3, 0.4) is 0 Å². The zero-order valence-corrected chi connectivity index (χ0v) is 15.0. The zero-order chi connectivity index (χ0) is 19.1. The number of aldehydes is 1. The van der Waals surface area contributed by atoms with E-state index in [1.807, 2.05) is 20.8 Å². The van der Waals surface area contributed by atoms with Gasteiger partial charge in [0.2, 0.25) is 0 Å². The van der Waals surface area contributed by atoms with E-state index in [1.165, 1.54) is 6.07 Å². The quantitative estimate of drug-likeness (QED) is 0.804. The van der Waals surface area contributed by atoms with Crippen LogP contribution in [0.2, 0.25) is 0 Å². The molecule has 3 rings (SSSR count). The number of fused-ring (bicyclic) bond motifs is 3. The fourth-order valence-corrected chi connectivity index (χ4v) is 3.20. The Labute approximate surface area is 151 Å². The van der Waals surface area contributed by atoms with E-state index in [1.54, 1.807) is 11.0 Å². The van der Waals surface area contributed by atoms with Gasteiger partial charge < -0.3 is 24.4 Å². The second-order valence-electron chi connectivity index (χ2n) is 7.41. The predicted molar refractivity (Wildman–Crippen MR) is 93.2 cm³/mol. The number of anilines is 1. The smallest absolute Gasteiger partial charge is 0.410 e. The number of carboxylic acid groups (broad SMARTS) is 1. The lowest BCUT2D eigenvalue weighted by Crippen LogP contribution is -2.59. The first-order valence-corrected chi connectivity index (χ1v) is 8.43. The highest BCUT2D eigenvalue weighted by atomic mass is 16.6. The molecule has 0 bridgehead atoms. The maximum Gasteiger partial charge on any atom is 0.410 e. The highest BCUT2D eigenvalue weighted by Crippen LogP contribution is 2.37. The van der Waals surface area contributed by atoms with Crippen LogP contribution in [0, 0.1) is 0 Å². The zero-order valence-electron chi connectivity index (χ0n) is 15.0. The Morgan fingerprint density at radius 2 is 2.04 bits per heavy atom. The first-order valence-electron chi connectivity index (χ1n) is 8.43. The van der Waals surface area contributed by atoms with E-state index in [0.29, 0.717) is 44.0 Å². The van der Waals surface area contributed by atoms with Gasteiger partial charge >= 0.3 is 12.1 Å². The van der Waals surface area contributed by atoms with Crippen molar-refractivity contribution in [1.29, 1.82) is 0 Å². The third-order valence-electron chi connectivity index (χ3n) is 4.36. The molecule has 2 aliphatic heterocycles. The Kier molecular flexibility index (Phi) is 4.52. The summed E-state index contributed by atoms with van der Waals surface area (Å²) in [4.78, 5) is 38.5. The van der Waals surface area contributed by atoms with Gasteiger partial charge in [0.05, 0.1) is 17.3 Å².